The number of aldehydes is 1. The number of ether oxygens (including phenoxy) is 1. The van der Waals surface area contributed by atoms with Crippen molar-refractivity contribution in [2.75, 3.05) is 11.9 Å². The number of amides is 1. The fourth-order valence-electron chi connectivity index (χ4n) is 3.69. The molecule has 1 heterocycles. The Morgan fingerprint density at radius 1 is 1.28 bits per heavy atom. The minimum Gasteiger partial charge on any atom is -0.444 e. The highest BCUT2D eigenvalue weighted by atomic mass is 35.5. The van der Waals surface area contributed by atoms with E-state index in [2.05, 4.69) is 15.6 Å². The zero-order valence-corrected chi connectivity index (χ0v) is 17.9. The van der Waals surface area contributed by atoms with E-state index >= 15 is 0 Å². The third-order valence-electron chi connectivity index (χ3n) is 5.12. The topological polar surface area (TPSA) is 80.3 Å². The second kappa shape index (κ2) is 8.99. The molecule has 6 nitrogen and oxygen atoms in total. The first-order valence-corrected chi connectivity index (χ1v) is 10.4. The summed E-state index contributed by atoms with van der Waals surface area (Å²) in [6.07, 6.45) is 5.97. The predicted octanol–water partition coefficient (Wildman–Crippen LogP) is 5.20. The van der Waals surface area contributed by atoms with Crippen LogP contribution in [0.15, 0.2) is 24.4 Å². The Morgan fingerprint density at radius 3 is 2.66 bits per heavy atom. The van der Waals surface area contributed by atoms with Crippen molar-refractivity contribution < 1.29 is 14.3 Å². The minimum atomic E-state index is -0.488. The van der Waals surface area contributed by atoms with E-state index in [-0.39, 0.29) is 12.1 Å². The van der Waals surface area contributed by atoms with Crippen LogP contribution in [-0.2, 0) is 4.74 Å². The van der Waals surface area contributed by atoms with Crippen LogP contribution in [0.5, 0.6) is 0 Å². The van der Waals surface area contributed by atoms with Gasteiger partial charge in [-0.2, -0.15) is 0 Å². The Hall–Kier alpha value is -2.34. The van der Waals surface area contributed by atoms with Crippen LogP contribution < -0.4 is 10.6 Å². The fraction of sp³-hybridized carbons (Fsp3) is 0.500. The van der Waals surface area contributed by atoms with Crippen LogP contribution in [-0.4, -0.2) is 35.6 Å². The third kappa shape index (κ3) is 5.82. The molecule has 0 bridgehead atoms. The highest BCUT2D eigenvalue weighted by Crippen LogP contribution is 2.32. The van der Waals surface area contributed by atoms with Crippen LogP contribution in [0.2, 0.25) is 5.02 Å². The monoisotopic (exact) mass is 417 g/mol. The minimum absolute atomic E-state index is 0.260. The van der Waals surface area contributed by atoms with Crippen molar-refractivity contribution in [3.05, 3.63) is 35.0 Å². The highest BCUT2D eigenvalue weighted by molar-refractivity contribution is 6.31. The van der Waals surface area contributed by atoms with Crippen molar-refractivity contribution in [1.82, 2.24) is 10.3 Å². The number of pyridine rings is 1. The summed E-state index contributed by atoms with van der Waals surface area (Å²) in [4.78, 5) is 27.7. The lowest BCUT2D eigenvalue weighted by Gasteiger charge is -2.30. The van der Waals surface area contributed by atoms with Crippen molar-refractivity contribution in [2.24, 2.45) is 5.92 Å². The molecule has 29 heavy (non-hydrogen) atoms. The Morgan fingerprint density at radius 2 is 2.00 bits per heavy atom. The molecular weight excluding hydrogens is 390 g/mol. The van der Waals surface area contributed by atoms with Crippen molar-refractivity contribution >= 4 is 40.6 Å². The molecule has 1 amide bonds. The molecule has 1 saturated carbocycles. The molecule has 1 aliphatic carbocycles. The van der Waals surface area contributed by atoms with Crippen molar-refractivity contribution in [3.63, 3.8) is 0 Å². The normalized spacial score (nSPS) is 19.6. The Kier molecular flexibility index (Phi) is 6.63. The summed E-state index contributed by atoms with van der Waals surface area (Å²) >= 11 is 6.16. The number of nitrogens with one attached hydrogen (secondary N) is 2. The van der Waals surface area contributed by atoms with Gasteiger partial charge in [-0.25, -0.2) is 4.79 Å². The van der Waals surface area contributed by atoms with Crippen molar-refractivity contribution in [2.45, 2.75) is 58.1 Å². The van der Waals surface area contributed by atoms with Crippen LogP contribution >= 0.6 is 11.6 Å². The summed E-state index contributed by atoms with van der Waals surface area (Å²) in [7, 11) is 0. The number of halogens is 1. The average Bonchev–Trinajstić information content (AvgIpc) is 2.66. The Labute approximate surface area is 176 Å². The molecular formula is C22H28ClN3O3. The maximum absolute atomic E-state index is 11.8. The first-order chi connectivity index (χ1) is 13.7. The van der Waals surface area contributed by atoms with Gasteiger partial charge < -0.3 is 15.4 Å². The molecule has 0 saturated heterocycles. The van der Waals surface area contributed by atoms with E-state index < -0.39 is 5.60 Å². The molecule has 0 unspecified atom stereocenters. The van der Waals surface area contributed by atoms with Gasteiger partial charge in [-0.05, 0) is 70.6 Å². The smallest absolute Gasteiger partial charge is 0.407 e. The average molecular weight is 418 g/mol. The van der Waals surface area contributed by atoms with Crippen LogP contribution in [0.25, 0.3) is 10.9 Å². The Balaban J connectivity index is 1.59. The maximum Gasteiger partial charge on any atom is 0.407 e. The zero-order chi connectivity index (χ0) is 21.0. The van der Waals surface area contributed by atoms with Gasteiger partial charge in [0.2, 0.25) is 0 Å². The summed E-state index contributed by atoms with van der Waals surface area (Å²) in [6.45, 7) is 6.18. The summed E-state index contributed by atoms with van der Waals surface area (Å²) in [6, 6.07) is 5.76. The standard InChI is InChI=1S/C22H28ClN3O3/c1-22(2,3)29-21(28)25-11-14-4-7-17(8-5-14)26-20-15(13-27)12-24-19-9-6-16(23)10-18(19)20/h6,9-10,12-14,17H,4-5,7-8,11H2,1-3H3,(H,24,26)(H,25,28)/t14-,17-. The van der Waals surface area contributed by atoms with E-state index in [1.54, 1.807) is 12.3 Å². The number of carbonyl (C=O) groups excluding carboxylic acids is 2. The lowest BCUT2D eigenvalue weighted by molar-refractivity contribution is 0.0515. The van der Waals surface area contributed by atoms with E-state index in [4.69, 9.17) is 16.3 Å². The molecule has 1 aromatic heterocycles. The number of hydrogen-bond donors (Lipinski definition) is 2. The fourth-order valence-corrected chi connectivity index (χ4v) is 3.86. The molecule has 1 aromatic carbocycles. The van der Waals surface area contributed by atoms with Gasteiger partial charge in [0.05, 0.1) is 16.8 Å². The first-order valence-electron chi connectivity index (χ1n) is 10.0. The lowest BCUT2D eigenvalue weighted by Crippen LogP contribution is -2.37. The maximum atomic E-state index is 11.8. The van der Waals surface area contributed by atoms with E-state index in [9.17, 15) is 9.59 Å². The molecule has 0 aliphatic heterocycles. The summed E-state index contributed by atoms with van der Waals surface area (Å²) in [5.74, 6) is 0.426. The lowest BCUT2D eigenvalue weighted by atomic mass is 9.85. The number of rotatable bonds is 5. The van der Waals surface area contributed by atoms with Crippen molar-refractivity contribution in [1.29, 1.82) is 0 Å². The quantitative estimate of drug-likeness (QED) is 0.654. The molecule has 2 N–H and O–H groups in total. The molecule has 2 aromatic rings. The van der Waals surface area contributed by atoms with E-state index in [0.29, 0.717) is 23.0 Å². The summed E-state index contributed by atoms with van der Waals surface area (Å²) in [5, 5.41) is 7.89. The number of aromatic nitrogens is 1. The molecule has 7 heteroatoms. The number of carbonyl (C=O) groups is 2. The molecule has 0 spiro atoms. The first kappa shape index (κ1) is 21.4. The summed E-state index contributed by atoms with van der Waals surface area (Å²) < 4.78 is 5.29. The number of hydrogen-bond acceptors (Lipinski definition) is 5. The van der Waals surface area contributed by atoms with Crippen LogP contribution in [0, 0.1) is 5.92 Å². The predicted molar refractivity (Wildman–Crippen MR) is 116 cm³/mol. The third-order valence-corrected chi connectivity index (χ3v) is 5.35. The van der Waals surface area contributed by atoms with Gasteiger partial charge in [-0.15, -0.1) is 0 Å². The summed E-state index contributed by atoms with van der Waals surface area (Å²) in [5.41, 5.74) is 1.65. The largest absolute Gasteiger partial charge is 0.444 e. The van der Waals surface area contributed by atoms with E-state index in [1.807, 2.05) is 32.9 Å². The number of benzene rings is 1. The number of anilines is 1. The molecule has 0 radical (unpaired) electrons. The molecule has 3 rings (SSSR count). The molecule has 156 valence electrons. The molecule has 1 aliphatic rings. The zero-order valence-electron chi connectivity index (χ0n) is 17.1. The van der Waals surface area contributed by atoms with Gasteiger partial charge in [-0.3, -0.25) is 9.78 Å². The van der Waals surface area contributed by atoms with Gasteiger partial charge in [0.1, 0.15) is 5.60 Å². The second-order valence-corrected chi connectivity index (χ2v) is 9.05. The Bertz CT molecular complexity index is 887. The van der Waals surface area contributed by atoms with Crippen LogP contribution in [0.1, 0.15) is 56.8 Å². The van der Waals surface area contributed by atoms with E-state index in [0.717, 1.165) is 48.6 Å². The second-order valence-electron chi connectivity index (χ2n) is 8.61. The van der Waals surface area contributed by atoms with Gasteiger partial charge >= 0.3 is 6.09 Å². The van der Waals surface area contributed by atoms with Crippen LogP contribution in [0.4, 0.5) is 10.5 Å². The highest BCUT2D eigenvalue weighted by Gasteiger charge is 2.24. The van der Waals surface area contributed by atoms with Gasteiger partial charge in [0.15, 0.2) is 6.29 Å². The van der Waals surface area contributed by atoms with Crippen molar-refractivity contribution in [3.8, 4) is 0 Å². The van der Waals surface area contributed by atoms with Gasteiger partial charge in [0.25, 0.3) is 0 Å². The van der Waals surface area contributed by atoms with E-state index in [1.165, 1.54) is 0 Å². The number of fused-ring (bicyclic) bond motifs is 1. The SMILES string of the molecule is CC(C)(C)OC(=O)NC[C@H]1CC[C@H](Nc2c(C=O)cnc3ccc(Cl)cc23)CC1. The molecule has 0 atom stereocenters. The van der Waals surface area contributed by atoms with Gasteiger partial charge in [-0.1, -0.05) is 11.6 Å². The molecule has 1 fully saturated rings. The number of alkyl carbamates (subject to hydrolysis) is 1. The number of nitrogens with zero attached hydrogens (tertiary/aromatic N) is 1. The van der Waals surface area contributed by atoms with Gasteiger partial charge in [0, 0.05) is 29.2 Å². The van der Waals surface area contributed by atoms with Crippen LogP contribution in [0.3, 0.4) is 0 Å².